The van der Waals surface area contributed by atoms with E-state index in [9.17, 15) is 22.8 Å². The van der Waals surface area contributed by atoms with Crippen molar-refractivity contribution < 1.29 is 41.7 Å². The Balaban J connectivity index is 1.83. The number of alkyl halides is 3. The van der Waals surface area contributed by atoms with Gasteiger partial charge in [-0.3, -0.25) is 10.4 Å². The van der Waals surface area contributed by atoms with Gasteiger partial charge in [0.15, 0.2) is 17.3 Å². The van der Waals surface area contributed by atoms with Gasteiger partial charge in [0, 0.05) is 18.9 Å². The minimum atomic E-state index is -5.30. The van der Waals surface area contributed by atoms with E-state index in [2.05, 4.69) is 20.1 Å². The molecule has 3 aromatic carbocycles. The molecule has 244 valence electrons. The number of esters is 1. The van der Waals surface area contributed by atoms with Crippen molar-refractivity contribution in [2.24, 2.45) is 5.73 Å². The first-order chi connectivity index (χ1) is 21.9. The Kier molecular flexibility index (Phi) is 10.2. The van der Waals surface area contributed by atoms with Crippen LogP contribution in [0.2, 0.25) is 0 Å². The number of anilines is 1. The summed E-state index contributed by atoms with van der Waals surface area (Å²) in [5.41, 5.74) is 5.61. The molecule has 46 heavy (non-hydrogen) atoms. The molecule has 1 heterocycles. The Morgan fingerprint density at radius 1 is 1.02 bits per heavy atom. The largest absolute Gasteiger partial charge is 0.494 e. The lowest BCUT2D eigenvalue weighted by molar-refractivity contribution is -0.189. The average molecular weight is 645 g/mol. The van der Waals surface area contributed by atoms with Crippen LogP contribution < -0.4 is 35.7 Å². The van der Waals surface area contributed by atoms with Crippen molar-refractivity contribution in [3.63, 3.8) is 0 Å². The van der Waals surface area contributed by atoms with E-state index >= 15 is 0 Å². The van der Waals surface area contributed by atoms with Crippen molar-refractivity contribution in [3.05, 3.63) is 88.1 Å². The molecule has 0 aliphatic carbocycles. The summed E-state index contributed by atoms with van der Waals surface area (Å²) < 4.78 is 66.7. The van der Waals surface area contributed by atoms with Crippen molar-refractivity contribution in [3.8, 4) is 28.7 Å². The lowest BCUT2D eigenvalue weighted by Crippen LogP contribution is -2.29. The summed E-state index contributed by atoms with van der Waals surface area (Å²) in [7, 11) is 4.42. The normalized spacial score (nSPS) is 12.6. The van der Waals surface area contributed by atoms with E-state index in [-0.39, 0.29) is 23.2 Å². The number of hydrogen-bond acceptors (Lipinski definition) is 10. The maximum atomic E-state index is 13.1. The summed E-state index contributed by atoms with van der Waals surface area (Å²) in [6.07, 6.45) is -5.62. The standard InChI is InChI=1S/C30H31F3N6O7/c1-16(15-42-2)45-22-12-9-17(13-24(22)44-4)25(27-37-29(41)39(38-27)20-7-5-6-8-21(20)43-3)36-18-10-11-19(26(34)35)23(14-18)46-28(40)30(31,32)33/h5-14,16,25,36H,15H2,1-4H3,(H3,34,35)(H,37,38,41). The first-order valence-corrected chi connectivity index (χ1v) is 13.6. The van der Waals surface area contributed by atoms with Gasteiger partial charge in [-0.15, -0.1) is 5.10 Å². The number of halogens is 3. The van der Waals surface area contributed by atoms with Gasteiger partial charge in [0.2, 0.25) is 0 Å². The number of ether oxygens (including phenoxy) is 5. The maximum absolute atomic E-state index is 13.1. The van der Waals surface area contributed by atoms with E-state index in [4.69, 9.17) is 30.1 Å². The number of carbonyl (C=O) groups is 1. The van der Waals surface area contributed by atoms with Gasteiger partial charge in [0.05, 0.1) is 26.4 Å². The molecule has 0 aliphatic rings. The summed E-state index contributed by atoms with van der Waals surface area (Å²) in [6.45, 7) is 2.12. The molecule has 13 nitrogen and oxygen atoms in total. The van der Waals surface area contributed by atoms with Crippen LogP contribution in [0.5, 0.6) is 23.0 Å². The molecule has 0 saturated heterocycles. The SMILES string of the molecule is COCC(C)Oc1ccc(C(Nc2ccc(C(=N)N)c(OC(=O)C(F)(F)F)c2)c2nn(-c3ccccc3OC)c(=O)[nH]2)cc1OC. The molecule has 0 saturated carbocycles. The molecule has 16 heteroatoms. The highest BCUT2D eigenvalue weighted by Crippen LogP contribution is 2.35. The molecule has 4 rings (SSSR count). The number of hydrogen-bond donors (Lipinski definition) is 4. The number of aromatic nitrogens is 3. The van der Waals surface area contributed by atoms with Crippen LogP contribution in [0.15, 0.2) is 65.5 Å². The smallest absolute Gasteiger partial charge is 0.491 e. The molecule has 2 unspecified atom stereocenters. The topological polar surface area (TPSA) is 176 Å². The van der Waals surface area contributed by atoms with Gasteiger partial charge < -0.3 is 34.7 Å². The van der Waals surface area contributed by atoms with Gasteiger partial charge in [0.1, 0.15) is 35.2 Å². The fraction of sp³-hybridized carbons (Fsp3) is 0.267. The second kappa shape index (κ2) is 14.1. The molecule has 0 aliphatic heterocycles. The summed E-state index contributed by atoms with van der Waals surface area (Å²) in [5, 5.41) is 15.3. The minimum Gasteiger partial charge on any atom is -0.494 e. The second-order valence-corrected chi connectivity index (χ2v) is 9.78. The zero-order valence-corrected chi connectivity index (χ0v) is 25.1. The fourth-order valence-electron chi connectivity index (χ4n) is 4.44. The van der Waals surface area contributed by atoms with Crippen LogP contribution in [0.3, 0.4) is 0 Å². The number of amidine groups is 1. The summed E-state index contributed by atoms with van der Waals surface area (Å²) >= 11 is 0. The van der Waals surface area contributed by atoms with Gasteiger partial charge in [-0.25, -0.2) is 9.59 Å². The molecule has 0 amide bonds. The van der Waals surface area contributed by atoms with Gasteiger partial charge in [-0.2, -0.15) is 17.9 Å². The number of nitrogen functional groups attached to an aromatic ring is 1. The van der Waals surface area contributed by atoms with Crippen LogP contribution >= 0.6 is 0 Å². The van der Waals surface area contributed by atoms with Crippen molar-refractivity contribution in [1.29, 1.82) is 5.41 Å². The monoisotopic (exact) mass is 644 g/mol. The molecule has 0 spiro atoms. The number of benzene rings is 3. The molecule has 0 fully saturated rings. The molecule has 5 N–H and O–H groups in total. The number of para-hydroxylation sites is 2. The molecular formula is C30H31F3N6O7. The molecule has 2 atom stereocenters. The Morgan fingerprint density at radius 3 is 2.39 bits per heavy atom. The van der Waals surface area contributed by atoms with Crippen molar-refractivity contribution >= 4 is 17.5 Å². The number of nitrogens with one attached hydrogen (secondary N) is 3. The molecule has 4 aromatic rings. The number of nitrogens with zero attached hydrogens (tertiary/aromatic N) is 2. The first kappa shape index (κ1) is 33.4. The zero-order chi connectivity index (χ0) is 33.6. The van der Waals surface area contributed by atoms with E-state index in [1.165, 1.54) is 26.4 Å². The number of methoxy groups -OCH3 is 3. The second-order valence-electron chi connectivity index (χ2n) is 9.78. The van der Waals surface area contributed by atoms with E-state index in [0.29, 0.717) is 35.1 Å². The Hall–Kier alpha value is -5.51. The van der Waals surface area contributed by atoms with Gasteiger partial charge in [0.25, 0.3) is 0 Å². The molecule has 0 radical (unpaired) electrons. The predicted octanol–water partition coefficient (Wildman–Crippen LogP) is 3.94. The van der Waals surface area contributed by atoms with Crippen molar-refractivity contribution in [2.75, 3.05) is 33.3 Å². The Bertz CT molecular complexity index is 1770. The highest BCUT2D eigenvalue weighted by Gasteiger charge is 2.42. The highest BCUT2D eigenvalue weighted by atomic mass is 19.4. The van der Waals surface area contributed by atoms with E-state index < -0.39 is 35.5 Å². The third-order valence-electron chi connectivity index (χ3n) is 6.49. The van der Waals surface area contributed by atoms with Crippen LogP contribution in [0.4, 0.5) is 18.9 Å². The Morgan fingerprint density at radius 2 is 1.74 bits per heavy atom. The number of carbonyl (C=O) groups excluding carboxylic acids is 1. The van der Waals surface area contributed by atoms with Gasteiger partial charge >= 0.3 is 17.8 Å². The number of nitrogens with two attached hydrogens (primary N) is 1. The highest BCUT2D eigenvalue weighted by molar-refractivity contribution is 5.99. The Labute approximate surface area is 260 Å². The quantitative estimate of drug-likeness (QED) is 0.0722. The summed E-state index contributed by atoms with van der Waals surface area (Å²) in [6, 6.07) is 14.4. The number of H-pyrrole nitrogens is 1. The van der Waals surface area contributed by atoms with Crippen LogP contribution in [0, 0.1) is 5.41 Å². The minimum absolute atomic E-state index is 0.0869. The zero-order valence-electron chi connectivity index (χ0n) is 25.1. The van der Waals surface area contributed by atoms with E-state index in [0.717, 1.165) is 10.7 Å². The summed E-state index contributed by atoms with van der Waals surface area (Å²) in [5.74, 6) is -2.55. The van der Waals surface area contributed by atoms with Gasteiger partial charge in [-0.05, 0) is 48.9 Å². The molecule has 1 aromatic heterocycles. The number of rotatable bonds is 13. The first-order valence-electron chi connectivity index (χ1n) is 13.6. The van der Waals surface area contributed by atoms with Gasteiger partial charge in [-0.1, -0.05) is 18.2 Å². The van der Waals surface area contributed by atoms with Crippen LogP contribution in [0.25, 0.3) is 5.69 Å². The van der Waals surface area contributed by atoms with Crippen LogP contribution in [-0.2, 0) is 9.53 Å². The number of aromatic amines is 1. The lowest BCUT2D eigenvalue weighted by Gasteiger charge is -2.22. The van der Waals surface area contributed by atoms with E-state index in [1.54, 1.807) is 49.6 Å². The predicted molar refractivity (Wildman–Crippen MR) is 160 cm³/mol. The van der Waals surface area contributed by atoms with Crippen LogP contribution in [0.1, 0.15) is 29.9 Å². The lowest BCUT2D eigenvalue weighted by atomic mass is 10.0. The molecule has 0 bridgehead atoms. The third-order valence-corrected chi connectivity index (χ3v) is 6.49. The summed E-state index contributed by atoms with van der Waals surface area (Å²) in [4.78, 5) is 27.5. The fourth-order valence-corrected chi connectivity index (χ4v) is 4.44. The van der Waals surface area contributed by atoms with Crippen LogP contribution in [-0.4, -0.2) is 66.8 Å². The molecular weight excluding hydrogens is 613 g/mol. The maximum Gasteiger partial charge on any atom is 0.491 e. The average Bonchev–Trinajstić information content (AvgIpc) is 3.40. The third kappa shape index (κ3) is 7.58. The van der Waals surface area contributed by atoms with Crippen molar-refractivity contribution in [1.82, 2.24) is 14.8 Å². The van der Waals surface area contributed by atoms with E-state index in [1.807, 2.05) is 6.92 Å². The van der Waals surface area contributed by atoms with Crippen molar-refractivity contribution in [2.45, 2.75) is 25.2 Å².